The fourth-order valence-corrected chi connectivity index (χ4v) is 2.23. The first-order valence-electron chi connectivity index (χ1n) is 5.11. The molecule has 1 saturated carbocycles. The molecule has 1 aliphatic rings. The summed E-state index contributed by atoms with van der Waals surface area (Å²) in [6, 6.07) is 8.49. The van der Waals surface area contributed by atoms with Crippen molar-refractivity contribution in [1.29, 1.82) is 0 Å². The van der Waals surface area contributed by atoms with Gasteiger partial charge >= 0.3 is 0 Å². The van der Waals surface area contributed by atoms with Crippen molar-refractivity contribution in [3.8, 4) is 0 Å². The molecule has 0 radical (unpaired) electrons. The highest BCUT2D eigenvalue weighted by molar-refractivity contribution is 5.36. The molecule has 0 saturated heterocycles. The Hall–Kier alpha value is -0.860. The standard InChI is InChI=1S/C12H17NO/c1-9-2-4-10(5-3-9)12(8-13)6-11(12)7-14/h2-5,11,14H,6-8,13H2,1H3/t11-,12-/m0/s1. The molecule has 76 valence electrons. The van der Waals surface area contributed by atoms with E-state index in [4.69, 9.17) is 10.8 Å². The summed E-state index contributed by atoms with van der Waals surface area (Å²) in [5.74, 6) is 0.371. The molecule has 0 heterocycles. The van der Waals surface area contributed by atoms with Gasteiger partial charge in [-0.2, -0.15) is 0 Å². The van der Waals surface area contributed by atoms with Crippen LogP contribution >= 0.6 is 0 Å². The second-order valence-electron chi connectivity index (χ2n) is 4.31. The molecular formula is C12H17NO. The Morgan fingerprint density at radius 2 is 2.07 bits per heavy atom. The molecule has 1 aromatic carbocycles. The summed E-state index contributed by atoms with van der Waals surface area (Å²) in [5.41, 5.74) is 8.41. The summed E-state index contributed by atoms with van der Waals surface area (Å²) >= 11 is 0. The van der Waals surface area contributed by atoms with E-state index in [0.717, 1.165) is 6.42 Å². The van der Waals surface area contributed by atoms with Crippen molar-refractivity contribution in [2.75, 3.05) is 13.2 Å². The summed E-state index contributed by atoms with van der Waals surface area (Å²) in [6.45, 7) is 2.97. The van der Waals surface area contributed by atoms with E-state index in [-0.39, 0.29) is 12.0 Å². The van der Waals surface area contributed by atoms with Gasteiger partial charge in [0, 0.05) is 18.6 Å². The molecule has 2 heteroatoms. The van der Waals surface area contributed by atoms with Crippen molar-refractivity contribution in [2.24, 2.45) is 11.7 Å². The van der Waals surface area contributed by atoms with Crippen molar-refractivity contribution in [3.63, 3.8) is 0 Å². The van der Waals surface area contributed by atoms with Crippen LogP contribution in [0.1, 0.15) is 17.5 Å². The molecule has 0 bridgehead atoms. The van der Waals surface area contributed by atoms with E-state index in [9.17, 15) is 0 Å². The lowest BCUT2D eigenvalue weighted by molar-refractivity contribution is 0.264. The Kier molecular flexibility index (Phi) is 2.33. The first-order valence-corrected chi connectivity index (χ1v) is 5.11. The molecule has 0 aromatic heterocycles. The second kappa shape index (κ2) is 3.37. The predicted octanol–water partition coefficient (Wildman–Crippen LogP) is 1.20. The van der Waals surface area contributed by atoms with E-state index in [0.29, 0.717) is 12.5 Å². The van der Waals surface area contributed by atoms with E-state index in [1.54, 1.807) is 0 Å². The fraction of sp³-hybridized carbons (Fsp3) is 0.500. The Balaban J connectivity index is 2.26. The Bertz CT molecular complexity index is 320. The van der Waals surface area contributed by atoms with Gasteiger partial charge in [-0.15, -0.1) is 0 Å². The van der Waals surface area contributed by atoms with Crippen LogP contribution in [0.4, 0.5) is 0 Å². The molecule has 2 nitrogen and oxygen atoms in total. The van der Waals surface area contributed by atoms with Gasteiger partial charge in [-0.1, -0.05) is 29.8 Å². The van der Waals surface area contributed by atoms with Crippen LogP contribution < -0.4 is 5.73 Å². The van der Waals surface area contributed by atoms with Crippen molar-refractivity contribution < 1.29 is 5.11 Å². The van der Waals surface area contributed by atoms with Gasteiger partial charge < -0.3 is 10.8 Å². The van der Waals surface area contributed by atoms with Gasteiger partial charge in [0.05, 0.1) is 0 Å². The first kappa shape index (κ1) is 9.69. The van der Waals surface area contributed by atoms with Crippen LogP contribution in [0.2, 0.25) is 0 Å². The van der Waals surface area contributed by atoms with E-state index >= 15 is 0 Å². The fourth-order valence-electron chi connectivity index (χ4n) is 2.23. The molecule has 0 aliphatic heterocycles. The number of hydrogen-bond donors (Lipinski definition) is 2. The number of aliphatic hydroxyl groups excluding tert-OH is 1. The van der Waals surface area contributed by atoms with Gasteiger partial charge in [-0.3, -0.25) is 0 Å². The summed E-state index contributed by atoms with van der Waals surface area (Å²) in [4.78, 5) is 0. The quantitative estimate of drug-likeness (QED) is 0.754. The van der Waals surface area contributed by atoms with E-state index < -0.39 is 0 Å². The third kappa shape index (κ3) is 1.35. The van der Waals surface area contributed by atoms with Gasteiger partial charge in [0.15, 0.2) is 0 Å². The Morgan fingerprint density at radius 1 is 1.43 bits per heavy atom. The van der Waals surface area contributed by atoms with Crippen molar-refractivity contribution >= 4 is 0 Å². The molecule has 1 aliphatic carbocycles. The van der Waals surface area contributed by atoms with Crippen LogP contribution in [0.5, 0.6) is 0 Å². The number of hydrogen-bond acceptors (Lipinski definition) is 2. The highest BCUT2D eigenvalue weighted by Crippen LogP contribution is 2.53. The van der Waals surface area contributed by atoms with Crippen LogP contribution in [-0.4, -0.2) is 18.3 Å². The molecule has 3 N–H and O–H groups in total. The maximum Gasteiger partial charge on any atom is 0.0468 e. The molecular weight excluding hydrogens is 174 g/mol. The van der Waals surface area contributed by atoms with Crippen molar-refractivity contribution in [1.82, 2.24) is 0 Å². The van der Waals surface area contributed by atoms with E-state index in [2.05, 4.69) is 31.2 Å². The van der Waals surface area contributed by atoms with Gasteiger partial charge in [0.2, 0.25) is 0 Å². The monoisotopic (exact) mass is 191 g/mol. The third-order valence-electron chi connectivity index (χ3n) is 3.44. The second-order valence-corrected chi connectivity index (χ2v) is 4.31. The van der Waals surface area contributed by atoms with E-state index in [1.165, 1.54) is 11.1 Å². The van der Waals surface area contributed by atoms with Crippen LogP contribution in [-0.2, 0) is 5.41 Å². The third-order valence-corrected chi connectivity index (χ3v) is 3.44. The zero-order valence-electron chi connectivity index (χ0n) is 8.53. The molecule has 0 unspecified atom stereocenters. The molecule has 0 amide bonds. The first-order chi connectivity index (χ1) is 6.73. The van der Waals surface area contributed by atoms with Crippen LogP contribution in [0, 0.1) is 12.8 Å². The number of nitrogens with two attached hydrogens (primary N) is 1. The SMILES string of the molecule is Cc1ccc([C@@]2(CN)C[C@H]2CO)cc1. The molecule has 2 rings (SSSR count). The summed E-state index contributed by atoms with van der Waals surface area (Å²) in [5, 5.41) is 9.13. The lowest BCUT2D eigenvalue weighted by atomic mass is 9.93. The summed E-state index contributed by atoms with van der Waals surface area (Å²) in [7, 11) is 0. The summed E-state index contributed by atoms with van der Waals surface area (Å²) < 4.78 is 0. The van der Waals surface area contributed by atoms with Crippen molar-refractivity contribution in [2.45, 2.75) is 18.8 Å². The Morgan fingerprint density at radius 3 is 2.50 bits per heavy atom. The normalized spacial score (nSPS) is 30.4. The van der Waals surface area contributed by atoms with Gasteiger partial charge in [0.1, 0.15) is 0 Å². The minimum atomic E-state index is 0.0719. The van der Waals surface area contributed by atoms with Crippen LogP contribution in [0.3, 0.4) is 0 Å². The molecule has 0 spiro atoms. The minimum Gasteiger partial charge on any atom is -0.396 e. The van der Waals surface area contributed by atoms with Gasteiger partial charge in [-0.05, 0) is 24.8 Å². The lowest BCUT2D eigenvalue weighted by Crippen LogP contribution is -2.23. The number of aliphatic hydroxyl groups is 1. The zero-order chi connectivity index (χ0) is 10.2. The topological polar surface area (TPSA) is 46.2 Å². The zero-order valence-corrected chi connectivity index (χ0v) is 8.53. The lowest BCUT2D eigenvalue weighted by Gasteiger charge is -2.15. The maximum absolute atomic E-state index is 9.13. The van der Waals surface area contributed by atoms with Crippen molar-refractivity contribution in [3.05, 3.63) is 35.4 Å². The number of benzene rings is 1. The Labute approximate surface area is 84.7 Å². The van der Waals surface area contributed by atoms with Gasteiger partial charge in [-0.25, -0.2) is 0 Å². The smallest absolute Gasteiger partial charge is 0.0468 e. The average Bonchev–Trinajstić information content (AvgIpc) is 2.94. The largest absolute Gasteiger partial charge is 0.396 e. The summed E-state index contributed by atoms with van der Waals surface area (Å²) in [6.07, 6.45) is 1.03. The van der Waals surface area contributed by atoms with Gasteiger partial charge in [0.25, 0.3) is 0 Å². The molecule has 1 aromatic rings. The molecule has 2 atom stereocenters. The molecule has 14 heavy (non-hydrogen) atoms. The number of rotatable bonds is 3. The minimum absolute atomic E-state index is 0.0719. The number of aryl methyl sites for hydroxylation is 1. The van der Waals surface area contributed by atoms with E-state index in [1.807, 2.05) is 0 Å². The van der Waals surface area contributed by atoms with Crippen LogP contribution in [0.25, 0.3) is 0 Å². The highest BCUT2D eigenvalue weighted by Gasteiger charge is 2.53. The maximum atomic E-state index is 9.13. The predicted molar refractivity (Wildman–Crippen MR) is 57.1 cm³/mol. The highest BCUT2D eigenvalue weighted by atomic mass is 16.3. The van der Waals surface area contributed by atoms with Crippen LogP contribution in [0.15, 0.2) is 24.3 Å². The molecule has 1 fully saturated rings. The average molecular weight is 191 g/mol.